The van der Waals surface area contributed by atoms with Crippen LogP contribution in [0.1, 0.15) is 32.8 Å². The Kier molecular flexibility index (Phi) is 4.08. The van der Waals surface area contributed by atoms with Crippen LogP contribution in [0.4, 0.5) is 0 Å². The first kappa shape index (κ1) is 15.0. The van der Waals surface area contributed by atoms with Crippen LogP contribution in [0.25, 0.3) is 0 Å². The molecule has 2 saturated heterocycles. The number of nitrogens with one attached hydrogen (secondary N) is 1. The second-order valence-corrected chi connectivity index (χ2v) is 7.49. The van der Waals surface area contributed by atoms with Crippen LogP contribution in [-0.2, 0) is 10.3 Å². The van der Waals surface area contributed by atoms with Crippen LogP contribution in [0.2, 0.25) is 0 Å². The second kappa shape index (κ2) is 5.71. The number of ether oxygens (including phenoxy) is 1. The highest BCUT2D eigenvalue weighted by Gasteiger charge is 2.42. The number of rotatable bonds is 3. The number of hydrogen-bond donors (Lipinski definition) is 1. The van der Waals surface area contributed by atoms with Gasteiger partial charge in [-0.15, -0.1) is 0 Å². The van der Waals surface area contributed by atoms with E-state index in [1.54, 1.807) is 0 Å². The number of hydrogen-bond acceptors (Lipinski definition) is 3. The van der Waals surface area contributed by atoms with Crippen molar-refractivity contribution in [2.45, 2.75) is 38.3 Å². The van der Waals surface area contributed by atoms with Crippen molar-refractivity contribution in [2.75, 3.05) is 32.8 Å². The Balaban J connectivity index is 1.85. The van der Waals surface area contributed by atoms with E-state index in [9.17, 15) is 0 Å². The van der Waals surface area contributed by atoms with Gasteiger partial charge in [0.15, 0.2) is 0 Å². The first-order chi connectivity index (χ1) is 10.00. The zero-order valence-corrected chi connectivity index (χ0v) is 13.6. The average molecular weight is 288 g/mol. The molecule has 2 unspecified atom stereocenters. The minimum Gasteiger partial charge on any atom is -0.381 e. The van der Waals surface area contributed by atoms with Crippen LogP contribution < -0.4 is 5.32 Å². The molecule has 0 spiro atoms. The molecule has 21 heavy (non-hydrogen) atoms. The van der Waals surface area contributed by atoms with Crippen molar-refractivity contribution in [3.8, 4) is 0 Å². The summed E-state index contributed by atoms with van der Waals surface area (Å²) in [5.41, 5.74) is 1.65. The van der Waals surface area contributed by atoms with Crippen molar-refractivity contribution in [1.82, 2.24) is 10.2 Å². The molecular formula is C18H28N2O. The minimum absolute atomic E-state index is 0.0688. The third kappa shape index (κ3) is 3.15. The Morgan fingerprint density at radius 1 is 1.24 bits per heavy atom. The maximum Gasteiger partial charge on any atom is 0.0558 e. The van der Waals surface area contributed by atoms with Gasteiger partial charge in [-0.05, 0) is 38.7 Å². The van der Waals surface area contributed by atoms with Crippen molar-refractivity contribution in [2.24, 2.45) is 5.92 Å². The normalized spacial score (nSPS) is 33.2. The van der Waals surface area contributed by atoms with Gasteiger partial charge in [-0.25, -0.2) is 0 Å². The molecule has 2 aliphatic rings. The third-order valence-corrected chi connectivity index (χ3v) is 5.09. The van der Waals surface area contributed by atoms with Crippen molar-refractivity contribution >= 4 is 0 Å². The summed E-state index contributed by atoms with van der Waals surface area (Å²) < 4.78 is 5.58. The lowest BCUT2D eigenvalue weighted by Crippen LogP contribution is -2.66. The lowest BCUT2D eigenvalue weighted by Gasteiger charge is -2.52. The van der Waals surface area contributed by atoms with Gasteiger partial charge < -0.3 is 10.1 Å². The summed E-state index contributed by atoms with van der Waals surface area (Å²) in [6.07, 6.45) is 1.20. The lowest BCUT2D eigenvalue weighted by atomic mass is 9.83. The predicted molar refractivity (Wildman–Crippen MR) is 86.4 cm³/mol. The molecule has 2 fully saturated rings. The van der Waals surface area contributed by atoms with E-state index in [-0.39, 0.29) is 11.1 Å². The summed E-state index contributed by atoms with van der Waals surface area (Å²) in [6.45, 7) is 12.0. The topological polar surface area (TPSA) is 24.5 Å². The fraction of sp³-hybridized carbons (Fsp3) is 0.667. The van der Waals surface area contributed by atoms with Gasteiger partial charge in [0.25, 0.3) is 0 Å². The summed E-state index contributed by atoms with van der Waals surface area (Å²) in [5.74, 6) is 0.682. The van der Waals surface area contributed by atoms with Crippen molar-refractivity contribution < 1.29 is 4.74 Å². The van der Waals surface area contributed by atoms with E-state index in [1.807, 2.05) is 0 Å². The zero-order valence-electron chi connectivity index (χ0n) is 13.6. The van der Waals surface area contributed by atoms with E-state index in [1.165, 1.54) is 12.0 Å². The molecule has 3 nitrogen and oxygen atoms in total. The standard InChI is InChI=1S/C18H28N2O/c1-17(2)14-20(11-15-9-10-21-12-15)18(3,13-19-17)16-7-5-4-6-8-16/h4-8,15,19H,9-14H2,1-3H3. The molecule has 0 aliphatic carbocycles. The van der Waals surface area contributed by atoms with Gasteiger partial charge in [-0.1, -0.05) is 30.3 Å². The van der Waals surface area contributed by atoms with Crippen LogP contribution in [-0.4, -0.2) is 43.3 Å². The van der Waals surface area contributed by atoms with Crippen molar-refractivity contribution in [1.29, 1.82) is 0 Å². The second-order valence-electron chi connectivity index (χ2n) is 7.49. The number of benzene rings is 1. The van der Waals surface area contributed by atoms with E-state index in [4.69, 9.17) is 4.74 Å². The molecule has 2 atom stereocenters. The third-order valence-electron chi connectivity index (χ3n) is 5.09. The maximum atomic E-state index is 5.58. The monoisotopic (exact) mass is 288 g/mol. The highest BCUT2D eigenvalue weighted by atomic mass is 16.5. The molecule has 1 N–H and O–H groups in total. The Labute approximate surface area is 128 Å². The molecule has 0 aromatic heterocycles. The van der Waals surface area contributed by atoms with E-state index in [0.29, 0.717) is 5.92 Å². The van der Waals surface area contributed by atoms with Gasteiger partial charge in [0, 0.05) is 31.8 Å². The highest BCUT2D eigenvalue weighted by Crippen LogP contribution is 2.34. The van der Waals surface area contributed by atoms with Crippen LogP contribution in [0.5, 0.6) is 0 Å². The van der Waals surface area contributed by atoms with Crippen molar-refractivity contribution in [3.05, 3.63) is 35.9 Å². The van der Waals surface area contributed by atoms with Gasteiger partial charge in [-0.3, -0.25) is 4.90 Å². The first-order valence-corrected chi connectivity index (χ1v) is 8.13. The van der Waals surface area contributed by atoms with Gasteiger partial charge >= 0.3 is 0 Å². The molecule has 0 saturated carbocycles. The zero-order chi connectivity index (χ0) is 14.9. The molecule has 116 valence electrons. The molecule has 0 radical (unpaired) electrons. The van der Waals surface area contributed by atoms with Crippen LogP contribution in [0.3, 0.4) is 0 Å². The molecule has 3 rings (SSSR count). The fourth-order valence-electron chi connectivity index (χ4n) is 3.62. The van der Waals surface area contributed by atoms with E-state index in [0.717, 1.165) is 32.8 Å². The maximum absolute atomic E-state index is 5.58. The molecule has 0 bridgehead atoms. The molecule has 1 aromatic carbocycles. The highest BCUT2D eigenvalue weighted by molar-refractivity contribution is 5.26. The largest absolute Gasteiger partial charge is 0.381 e. The van der Waals surface area contributed by atoms with Gasteiger partial charge in [0.1, 0.15) is 0 Å². The van der Waals surface area contributed by atoms with Gasteiger partial charge in [0.2, 0.25) is 0 Å². The summed E-state index contributed by atoms with van der Waals surface area (Å²) >= 11 is 0. The molecule has 3 heteroatoms. The summed E-state index contributed by atoms with van der Waals surface area (Å²) in [5, 5.41) is 3.73. The SMILES string of the molecule is CC1(C)CN(CC2CCOC2)C(C)(c2ccccc2)CN1. The van der Waals surface area contributed by atoms with E-state index in [2.05, 4.69) is 61.3 Å². The predicted octanol–water partition coefficient (Wildman–Crippen LogP) is 2.62. The summed E-state index contributed by atoms with van der Waals surface area (Å²) in [6, 6.07) is 10.9. The quantitative estimate of drug-likeness (QED) is 0.925. The smallest absolute Gasteiger partial charge is 0.0558 e. The lowest BCUT2D eigenvalue weighted by molar-refractivity contribution is 0.0103. The molecular weight excluding hydrogens is 260 g/mol. The number of piperazine rings is 1. The molecule has 2 heterocycles. The minimum atomic E-state index is 0.0688. The van der Waals surface area contributed by atoms with Crippen LogP contribution in [0, 0.1) is 5.92 Å². The van der Waals surface area contributed by atoms with Gasteiger partial charge in [-0.2, -0.15) is 0 Å². The molecule has 1 aromatic rings. The first-order valence-electron chi connectivity index (χ1n) is 8.13. The Morgan fingerprint density at radius 2 is 2.00 bits per heavy atom. The van der Waals surface area contributed by atoms with Crippen molar-refractivity contribution in [3.63, 3.8) is 0 Å². The molecule has 0 amide bonds. The summed E-state index contributed by atoms with van der Waals surface area (Å²) in [4.78, 5) is 2.68. The van der Waals surface area contributed by atoms with Gasteiger partial charge in [0.05, 0.1) is 12.1 Å². The van der Waals surface area contributed by atoms with Crippen LogP contribution in [0.15, 0.2) is 30.3 Å². The Hall–Kier alpha value is -0.900. The number of nitrogens with zero attached hydrogens (tertiary/aromatic N) is 1. The Morgan fingerprint density at radius 3 is 2.67 bits per heavy atom. The van der Waals surface area contributed by atoms with E-state index < -0.39 is 0 Å². The summed E-state index contributed by atoms with van der Waals surface area (Å²) in [7, 11) is 0. The Bertz CT molecular complexity index is 467. The van der Waals surface area contributed by atoms with E-state index >= 15 is 0 Å². The fourth-order valence-corrected chi connectivity index (χ4v) is 3.62. The van der Waals surface area contributed by atoms with Crippen LogP contribution >= 0.6 is 0 Å². The molecule has 2 aliphatic heterocycles. The average Bonchev–Trinajstić information content (AvgIpc) is 2.97.